The van der Waals surface area contributed by atoms with Crippen LogP contribution in [0.15, 0.2) is 71.6 Å². The minimum absolute atomic E-state index is 0.0218. The molecule has 3 aromatic rings. The third kappa shape index (κ3) is 5.73. The Bertz CT molecular complexity index is 1040. The number of amides is 2. The Morgan fingerprint density at radius 1 is 0.897 bits per heavy atom. The molecule has 0 fully saturated rings. The molecule has 2 N–H and O–H groups in total. The molecule has 0 saturated heterocycles. The summed E-state index contributed by atoms with van der Waals surface area (Å²) in [6.07, 6.45) is 0. The van der Waals surface area contributed by atoms with Crippen molar-refractivity contribution in [2.75, 3.05) is 12.4 Å². The Morgan fingerprint density at radius 2 is 1.62 bits per heavy atom. The second-order valence-corrected chi connectivity index (χ2v) is 7.34. The molecule has 0 unspecified atom stereocenters. The minimum Gasteiger partial charge on any atom is -0.455 e. The summed E-state index contributed by atoms with van der Waals surface area (Å²) < 4.78 is 4.95. The largest absolute Gasteiger partial charge is 0.455 e. The van der Waals surface area contributed by atoms with Gasteiger partial charge in [-0.25, -0.2) is 0 Å². The summed E-state index contributed by atoms with van der Waals surface area (Å²) in [4.78, 5) is 36.4. The normalized spacial score (nSPS) is 10.4. The Hall–Kier alpha value is -3.03. The predicted octanol–water partition coefficient (Wildman–Crippen LogP) is 3.59. The molecule has 0 heterocycles. The maximum Gasteiger partial charge on any atom is 0.316 e. The fraction of sp³-hybridized carbons (Fsp3) is 0.0952. The van der Waals surface area contributed by atoms with E-state index in [0.717, 1.165) is 15.7 Å². The number of thioether (sulfide) groups is 1. The number of halogens is 1. The molecule has 0 aliphatic carbocycles. The van der Waals surface area contributed by atoms with Gasteiger partial charge in [-0.15, -0.1) is 11.8 Å². The van der Waals surface area contributed by atoms with E-state index < -0.39 is 24.4 Å². The number of nitrogens with one attached hydrogen (secondary N) is 2. The summed E-state index contributed by atoms with van der Waals surface area (Å²) in [7, 11) is 0. The molecule has 0 aromatic heterocycles. The van der Waals surface area contributed by atoms with Crippen LogP contribution in [0.3, 0.4) is 0 Å². The number of carbonyl (C=O) groups is 3. The summed E-state index contributed by atoms with van der Waals surface area (Å²) in [6, 6.07) is 19.7. The zero-order valence-corrected chi connectivity index (χ0v) is 16.8. The fourth-order valence-corrected chi connectivity index (χ4v) is 3.77. The number of carbonyl (C=O) groups excluding carboxylic acids is 3. The lowest BCUT2D eigenvalue weighted by molar-refractivity contribution is -0.146. The van der Waals surface area contributed by atoms with Gasteiger partial charge in [0, 0.05) is 20.9 Å². The van der Waals surface area contributed by atoms with Crippen LogP contribution >= 0.6 is 23.4 Å². The lowest BCUT2D eigenvalue weighted by Gasteiger charge is -2.09. The highest BCUT2D eigenvalue weighted by Crippen LogP contribution is 2.33. The van der Waals surface area contributed by atoms with Gasteiger partial charge in [0.15, 0.2) is 6.61 Å². The molecule has 0 bridgehead atoms. The number of hydrogen-bond acceptors (Lipinski definition) is 5. The molecule has 0 aliphatic rings. The van der Waals surface area contributed by atoms with Crippen LogP contribution in [0.2, 0.25) is 5.02 Å². The number of hydrogen-bond donors (Lipinski definition) is 2. The number of ether oxygens (including phenoxy) is 1. The van der Waals surface area contributed by atoms with E-state index in [-0.39, 0.29) is 5.75 Å². The van der Waals surface area contributed by atoms with Gasteiger partial charge in [-0.05, 0) is 29.7 Å². The molecular formula is C21H17ClN2O4S. The molecule has 148 valence electrons. The first-order chi connectivity index (χ1) is 14.0. The van der Waals surface area contributed by atoms with E-state index in [1.807, 2.05) is 30.3 Å². The van der Waals surface area contributed by atoms with Crippen LogP contribution in [0.5, 0.6) is 0 Å². The lowest BCUT2D eigenvalue weighted by Crippen LogP contribution is -2.43. The Morgan fingerprint density at radius 3 is 2.38 bits per heavy atom. The van der Waals surface area contributed by atoms with Gasteiger partial charge in [-0.2, -0.15) is 0 Å². The lowest BCUT2D eigenvalue weighted by atomic mass is 10.1. The summed E-state index contributed by atoms with van der Waals surface area (Å²) in [6.45, 7) is -0.495. The molecule has 2 amide bonds. The molecule has 0 saturated carbocycles. The van der Waals surface area contributed by atoms with Gasteiger partial charge >= 0.3 is 5.97 Å². The van der Waals surface area contributed by atoms with Crippen LogP contribution in [0, 0.1) is 0 Å². The van der Waals surface area contributed by atoms with Crippen molar-refractivity contribution in [3.05, 3.63) is 77.3 Å². The van der Waals surface area contributed by atoms with Crippen molar-refractivity contribution in [1.82, 2.24) is 10.9 Å². The van der Waals surface area contributed by atoms with Crippen molar-refractivity contribution in [2.45, 2.75) is 4.90 Å². The average molecular weight is 429 g/mol. The maximum absolute atomic E-state index is 12.0. The molecule has 0 aliphatic heterocycles. The van der Waals surface area contributed by atoms with Crippen molar-refractivity contribution in [1.29, 1.82) is 0 Å². The zero-order chi connectivity index (χ0) is 20.6. The molecule has 0 radical (unpaired) electrons. The molecule has 0 atom stereocenters. The third-order valence-electron chi connectivity index (χ3n) is 3.88. The van der Waals surface area contributed by atoms with Crippen molar-refractivity contribution in [2.24, 2.45) is 0 Å². The second kappa shape index (κ2) is 9.95. The van der Waals surface area contributed by atoms with Crippen LogP contribution in [0.25, 0.3) is 10.8 Å². The standard InChI is InChI=1S/C21H17ClN2O4S/c22-16-10-4-8-14-9-5-11-17(20(14)16)29-13-19(26)28-12-18(25)23-24-21(27)15-6-2-1-3-7-15/h1-11H,12-13H2,(H,23,25)(H,24,27). The van der Waals surface area contributed by atoms with E-state index in [1.165, 1.54) is 11.8 Å². The summed E-state index contributed by atoms with van der Waals surface area (Å²) in [5.74, 6) is -1.63. The SMILES string of the molecule is O=C(COC(=O)CSc1cccc2cccc(Cl)c12)NNC(=O)c1ccccc1. The van der Waals surface area contributed by atoms with E-state index in [9.17, 15) is 14.4 Å². The van der Waals surface area contributed by atoms with E-state index in [1.54, 1.807) is 36.4 Å². The van der Waals surface area contributed by atoms with Crippen LogP contribution in [0.1, 0.15) is 10.4 Å². The molecule has 8 heteroatoms. The average Bonchev–Trinajstić information content (AvgIpc) is 2.75. The van der Waals surface area contributed by atoms with Gasteiger partial charge in [-0.3, -0.25) is 25.2 Å². The number of benzene rings is 3. The number of hydrazine groups is 1. The Labute approximate surface area is 176 Å². The summed E-state index contributed by atoms with van der Waals surface area (Å²) in [5.41, 5.74) is 4.86. The topological polar surface area (TPSA) is 84.5 Å². The summed E-state index contributed by atoms with van der Waals surface area (Å²) >= 11 is 7.55. The monoisotopic (exact) mass is 428 g/mol. The predicted molar refractivity (Wildman–Crippen MR) is 113 cm³/mol. The van der Waals surface area contributed by atoms with Gasteiger partial charge in [0.05, 0.1) is 5.75 Å². The Balaban J connectivity index is 1.45. The highest BCUT2D eigenvalue weighted by molar-refractivity contribution is 8.00. The molecule has 6 nitrogen and oxygen atoms in total. The fourth-order valence-electron chi connectivity index (χ4n) is 2.53. The second-order valence-electron chi connectivity index (χ2n) is 5.91. The van der Waals surface area contributed by atoms with Crippen LogP contribution in [-0.2, 0) is 14.3 Å². The quantitative estimate of drug-likeness (QED) is 0.356. The minimum atomic E-state index is -0.638. The molecule has 0 spiro atoms. The van der Waals surface area contributed by atoms with Gasteiger partial charge in [0.2, 0.25) is 0 Å². The van der Waals surface area contributed by atoms with Gasteiger partial charge < -0.3 is 4.74 Å². The van der Waals surface area contributed by atoms with Crippen molar-refractivity contribution in [3.8, 4) is 0 Å². The smallest absolute Gasteiger partial charge is 0.316 e. The summed E-state index contributed by atoms with van der Waals surface area (Å²) in [5, 5.41) is 2.45. The van der Waals surface area contributed by atoms with Crippen molar-refractivity contribution >= 4 is 51.9 Å². The van der Waals surface area contributed by atoms with Crippen LogP contribution in [-0.4, -0.2) is 30.1 Å². The first kappa shape index (κ1) is 20.7. The number of rotatable bonds is 6. The molecule has 3 aromatic carbocycles. The Kier molecular flexibility index (Phi) is 7.10. The third-order valence-corrected chi connectivity index (χ3v) is 5.22. The molecule has 3 rings (SSSR count). The van der Waals surface area contributed by atoms with Crippen molar-refractivity contribution in [3.63, 3.8) is 0 Å². The van der Waals surface area contributed by atoms with E-state index >= 15 is 0 Å². The number of fused-ring (bicyclic) bond motifs is 1. The van der Waals surface area contributed by atoms with Crippen LogP contribution < -0.4 is 10.9 Å². The zero-order valence-electron chi connectivity index (χ0n) is 15.2. The number of esters is 1. The van der Waals surface area contributed by atoms with Gasteiger partial charge in [0.1, 0.15) is 0 Å². The first-order valence-electron chi connectivity index (χ1n) is 8.64. The molecular weight excluding hydrogens is 412 g/mol. The van der Waals surface area contributed by atoms with E-state index in [4.69, 9.17) is 16.3 Å². The molecule has 29 heavy (non-hydrogen) atoms. The van der Waals surface area contributed by atoms with Crippen LogP contribution in [0.4, 0.5) is 0 Å². The van der Waals surface area contributed by atoms with E-state index in [2.05, 4.69) is 10.9 Å². The maximum atomic E-state index is 12.0. The van der Waals surface area contributed by atoms with Gasteiger partial charge in [0.25, 0.3) is 11.8 Å². The van der Waals surface area contributed by atoms with Crippen molar-refractivity contribution < 1.29 is 19.1 Å². The van der Waals surface area contributed by atoms with E-state index in [0.29, 0.717) is 10.6 Å². The van der Waals surface area contributed by atoms with Gasteiger partial charge in [-0.1, -0.05) is 54.1 Å². The first-order valence-corrected chi connectivity index (χ1v) is 10.0. The highest BCUT2D eigenvalue weighted by atomic mass is 35.5. The highest BCUT2D eigenvalue weighted by Gasteiger charge is 2.12.